The van der Waals surface area contributed by atoms with Crippen LogP contribution in [-0.2, 0) is 11.2 Å². The first-order valence-corrected chi connectivity index (χ1v) is 5.09. The molecule has 0 saturated carbocycles. The summed E-state index contributed by atoms with van der Waals surface area (Å²) in [6.07, 6.45) is 0.627. The number of nitrogens with one attached hydrogen (secondary N) is 2. The second-order valence-electron chi connectivity index (χ2n) is 3.79. The molecule has 1 aliphatic rings. The van der Waals surface area contributed by atoms with Crippen LogP contribution in [-0.4, -0.2) is 18.5 Å². The Morgan fingerprint density at radius 2 is 2.12 bits per heavy atom. The SMILES string of the molecule is NC(=O)NC(=O)C1CNc2ccccc2C1. The van der Waals surface area contributed by atoms with Gasteiger partial charge in [0.2, 0.25) is 5.91 Å². The molecule has 0 bridgehead atoms. The highest BCUT2D eigenvalue weighted by Gasteiger charge is 2.24. The molecule has 0 saturated heterocycles. The van der Waals surface area contributed by atoms with Crippen molar-refractivity contribution in [3.63, 3.8) is 0 Å². The van der Waals surface area contributed by atoms with Gasteiger partial charge in [0, 0.05) is 12.2 Å². The van der Waals surface area contributed by atoms with Gasteiger partial charge < -0.3 is 11.1 Å². The van der Waals surface area contributed by atoms with Gasteiger partial charge in [0.15, 0.2) is 0 Å². The number of anilines is 1. The minimum absolute atomic E-state index is 0.248. The molecule has 1 heterocycles. The zero-order valence-electron chi connectivity index (χ0n) is 8.69. The number of benzene rings is 1. The van der Waals surface area contributed by atoms with Gasteiger partial charge in [-0.15, -0.1) is 0 Å². The van der Waals surface area contributed by atoms with E-state index in [4.69, 9.17) is 5.73 Å². The standard InChI is InChI=1S/C11H13N3O2/c12-11(16)14-10(15)8-5-7-3-1-2-4-9(7)13-6-8/h1-4,8,13H,5-6H2,(H3,12,14,15,16). The lowest BCUT2D eigenvalue weighted by Crippen LogP contribution is -2.43. The number of hydrogen-bond donors (Lipinski definition) is 3. The molecule has 3 amide bonds. The average Bonchev–Trinajstić information content (AvgIpc) is 2.27. The van der Waals surface area contributed by atoms with Crippen molar-refractivity contribution in [2.24, 2.45) is 11.7 Å². The van der Waals surface area contributed by atoms with E-state index in [9.17, 15) is 9.59 Å². The van der Waals surface area contributed by atoms with Crippen LogP contribution in [0, 0.1) is 5.92 Å². The second-order valence-corrected chi connectivity index (χ2v) is 3.79. The van der Waals surface area contributed by atoms with Crippen molar-refractivity contribution in [1.82, 2.24) is 5.32 Å². The molecule has 1 aliphatic heterocycles. The minimum Gasteiger partial charge on any atom is -0.384 e. The lowest BCUT2D eigenvalue weighted by Gasteiger charge is -2.24. The zero-order valence-corrected chi connectivity index (χ0v) is 8.69. The summed E-state index contributed by atoms with van der Waals surface area (Å²) in [7, 11) is 0. The van der Waals surface area contributed by atoms with Crippen LogP contribution >= 0.6 is 0 Å². The van der Waals surface area contributed by atoms with Crippen molar-refractivity contribution in [1.29, 1.82) is 0 Å². The number of carbonyl (C=O) groups is 2. The van der Waals surface area contributed by atoms with Crippen molar-refractivity contribution in [2.45, 2.75) is 6.42 Å². The number of rotatable bonds is 1. The third kappa shape index (κ3) is 2.13. The van der Waals surface area contributed by atoms with E-state index in [0.29, 0.717) is 13.0 Å². The Bertz CT molecular complexity index is 431. The lowest BCUT2D eigenvalue weighted by molar-refractivity contribution is -0.123. The number of urea groups is 1. The van der Waals surface area contributed by atoms with Crippen LogP contribution in [0.1, 0.15) is 5.56 Å². The molecule has 5 heteroatoms. The predicted octanol–water partition coefficient (Wildman–Crippen LogP) is 0.466. The van der Waals surface area contributed by atoms with Gasteiger partial charge >= 0.3 is 6.03 Å². The van der Waals surface area contributed by atoms with E-state index in [-0.39, 0.29) is 11.8 Å². The Morgan fingerprint density at radius 3 is 2.88 bits per heavy atom. The van der Waals surface area contributed by atoms with Crippen molar-refractivity contribution in [3.8, 4) is 0 Å². The molecule has 1 aromatic carbocycles. The summed E-state index contributed by atoms with van der Waals surface area (Å²) < 4.78 is 0. The van der Waals surface area contributed by atoms with Crippen molar-refractivity contribution in [3.05, 3.63) is 29.8 Å². The van der Waals surface area contributed by atoms with Gasteiger partial charge in [0.25, 0.3) is 0 Å². The lowest BCUT2D eigenvalue weighted by atomic mass is 9.93. The van der Waals surface area contributed by atoms with E-state index < -0.39 is 6.03 Å². The van der Waals surface area contributed by atoms with E-state index in [1.165, 1.54) is 0 Å². The molecule has 0 fully saturated rings. The second kappa shape index (κ2) is 4.22. The third-order valence-electron chi connectivity index (χ3n) is 2.64. The number of imide groups is 1. The molecule has 0 aromatic heterocycles. The van der Waals surface area contributed by atoms with Crippen molar-refractivity contribution < 1.29 is 9.59 Å². The normalized spacial score (nSPS) is 18.1. The summed E-state index contributed by atoms with van der Waals surface area (Å²) in [4.78, 5) is 22.1. The molecule has 1 atom stereocenters. The Kier molecular flexibility index (Phi) is 2.76. The van der Waals surface area contributed by atoms with Gasteiger partial charge in [0.05, 0.1) is 5.92 Å². The quantitative estimate of drug-likeness (QED) is 0.641. The Balaban J connectivity index is 2.08. The predicted molar refractivity (Wildman–Crippen MR) is 59.9 cm³/mol. The largest absolute Gasteiger partial charge is 0.384 e. The van der Waals surface area contributed by atoms with Crippen LogP contribution in [0.4, 0.5) is 10.5 Å². The first kappa shape index (κ1) is 10.5. The van der Waals surface area contributed by atoms with Crippen molar-refractivity contribution >= 4 is 17.6 Å². The maximum Gasteiger partial charge on any atom is 0.318 e. The first-order valence-electron chi connectivity index (χ1n) is 5.09. The fourth-order valence-corrected chi connectivity index (χ4v) is 1.85. The zero-order chi connectivity index (χ0) is 11.5. The number of fused-ring (bicyclic) bond motifs is 1. The molecule has 1 aromatic rings. The summed E-state index contributed by atoms with van der Waals surface area (Å²) in [5.74, 6) is -0.572. The molecule has 1 unspecified atom stereocenters. The van der Waals surface area contributed by atoms with E-state index in [0.717, 1.165) is 11.3 Å². The highest BCUT2D eigenvalue weighted by molar-refractivity contribution is 5.95. The Labute approximate surface area is 93.0 Å². The number of primary amides is 1. The summed E-state index contributed by atoms with van der Waals surface area (Å²) >= 11 is 0. The van der Waals surface area contributed by atoms with Crippen molar-refractivity contribution in [2.75, 3.05) is 11.9 Å². The van der Waals surface area contributed by atoms with E-state index >= 15 is 0 Å². The maximum atomic E-state index is 11.6. The Hall–Kier alpha value is -2.04. The minimum atomic E-state index is -0.802. The van der Waals surface area contributed by atoms with E-state index in [2.05, 4.69) is 10.6 Å². The molecule has 0 aliphatic carbocycles. The average molecular weight is 219 g/mol. The highest BCUT2D eigenvalue weighted by atomic mass is 16.2. The van der Waals surface area contributed by atoms with Gasteiger partial charge in [0.1, 0.15) is 0 Å². The summed E-state index contributed by atoms with van der Waals surface area (Å²) in [5.41, 5.74) is 7.03. The van der Waals surface area contributed by atoms with Crippen LogP contribution in [0.3, 0.4) is 0 Å². The molecule has 5 nitrogen and oxygen atoms in total. The molecular weight excluding hydrogens is 206 g/mol. The number of carbonyl (C=O) groups excluding carboxylic acids is 2. The molecule has 84 valence electrons. The molecule has 16 heavy (non-hydrogen) atoms. The number of nitrogens with two attached hydrogens (primary N) is 1. The smallest absolute Gasteiger partial charge is 0.318 e. The van der Waals surface area contributed by atoms with Gasteiger partial charge in [-0.1, -0.05) is 18.2 Å². The van der Waals surface area contributed by atoms with Gasteiger partial charge in [-0.2, -0.15) is 0 Å². The molecule has 2 rings (SSSR count). The molecule has 4 N–H and O–H groups in total. The topological polar surface area (TPSA) is 84.2 Å². The highest BCUT2D eigenvalue weighted by Crippen LogP contribution is 2.24. The fraction of sp³-hybridized carbons (Fsp3) is 0.273. The van der Waals surface area contributed by atoms with Gasteiger partial charge in [-0.25, -0.2) is 4.79 Å². The number of hydrogen-bond acceptors (Lipinski definition) is 3. The van der Waals surface area contributed by atoms with Crippen LogP contribution in [0.2, 0.25) is 0 Å². The fourth-order valence-electron chi connectivity index (χ4n) is 1.85. The van der Waals surface area contributed by atoms with Gasteiger partial charge in [-0.3, -0.25) is 10.1 Å². The third-order valence-corrected chi connectivity index (χ3v) is 2.64. The van der Waals surface area contributed by atoms with Crippen LogP contribution in [0.15, 0.2) is 24.3 Å². The first-order chi connectivity index (χ1) is 7.66. The monoisotopic (exact) mass is 219 g/mol. The van der Waals surface area contributed by atoms with Crippen LogP contribution in [0.25, 0.3) is 0 Å². The van der Waals surface area contributed by atoms with E-state index in [1.54, 1.807) is 0 Å². The summed E-state index contributed by atoms with van der Waals surface area (Å²) in [6, 6.07) is 7.00. The summed E-state index contributed by atoms with van der Waals surface area (Å²) in [6.45, 7) is 0.524. The molecule has 0 spiro atoms. The van der Waals surface area contributed by atoms with Gasteiger partial charge in [-0.05, 0) is 18.1 Å². The van der Waals surface area contributed by atoms with E-state index in [1.807, 2.05) is 24.3 Å². The van der Waals surface area contributed by atoms with Crippen LogP contribution < -0.4 is 16.4 Å². The molecular formula is C11H13N3O2. The van der Waals surface area contributed by atoms with Crippen LogP contribution in [0.5, 0.6) is 0 Å². The summed E-state index contributed by atoms with van der Waals surface area (Å²) in [5, 5.41) is 5.26. The maximum absolute atomic E-state index is 11.6. The Morgan fingerprint density at radius 1 is 1.38 bits per heavy atom. The number of para-hydroxylation sites is 1. The molecule has 0 radical (unpaired) electrons. The number of amides is 3.